The number of hydrogen-bond donors (Lipinski definition) is 1. The second kappa shape index (κ2) is 3.11. The van der Waals surface area contributed by atoms with Gasteiger partial charge in [-0.2, -0.15) is 0 Å². The maximum absolute atomic E-state index is 12.9. The zero-order valence-corrected chi connectivity index (χ0v) is 7.02. The van der Waals surface area contributed by atoms with Gasteiger partial charge in [0.2, 0.25) is 0 Å². The Morgan fingerprint density at radius 3 is 2.75 bits per heavy atom. The van der Waals surface area contributed by atoms with Gasteiger partial charge in [0.1, 0.15) is 0 Å². The molecule has 64 valence electrons. The Hall–Kier alpha value is -1.09. The molecule has 0 aliphatic rings. The fourth-order valence-corrected chi connectivity index (χ4v) is 1.00. The van der Waals surface area contributed by atoms with E-state index >= 15 is 0 Å². The van der Waals surface area contributed by atoms with Crippen LogP contribution in [0.4, 0.5) is 4.39 Å². The molecule has 12 heavy (non-hydrogen) atoms. The van der Waals surface area contributed by atoms with Crippen LogP contribution in [0.5, 0.6) is 5.75 Å². The first kappa shape index (κ1) is 9.00. The maximum atomic E-state index is 12.9. The summed E-state index contributed by atoms with van der Waals surface area (Å²) in [6, 6.07) is 1.28. The first-order valence-corrected chi connectivity index (χ1v) is 3.58. The molecule has 0 aromatic heterocycles. The van der Waals surface area contributed by atoms with Gasteiger partial charge in [-0.25, -0.2) is 4.39 Å². The van der Waals surface area contributed by atoms with Crippen molar-refractivity contribution in [3.05, 3.63) is 28.0 Å². The lowest BCUT2D eigenvalue weighted by Gasteiger charge is -2.03. The number of aromatic hydroxyl groups is 1. The molecule has 1 rings (SSSR count). The molecule has 1 N–H and O–H groups in total. The van der Waals surface area contributed by atoms with Crippen LogP contribution in [-0.2, 0) is 0 Å². The Balaban J connectivity index is 3.49. The minimum Gasteiger partial charge on any atom is -0.504 e. The minimum absolute atomic E-state index is 0.0573. The normalized spacial score (nSPS) is 9.92. The van der Waals surface area contributed by atoms with Crippen LogP contribution in [-0.4, -0.2) is 11.4 Å². The SMILES string of the molecule is Cc1cc(C=O)c(F)c(O)c1Cl. The van der Waals surface area contributed by atoms with Crippen LogP contribution in [0.3, 0.4) is 0 Å². The lowest BCUT2D eigenvalue weighted by molar-refractivity contribution is 0.111. The van der Waals surface area contributed by atoms with E-state index in [-0.39, 0.29) is 10.6 Å². The zero-order valence-electron chi connectivity index (χ0n) is 6.27. The summed E-state index contributed by atoms with van der Waals surface area (Å²) in [7, 11) is 0. The predicted octanol–water partition coefficient (Wildman–Crippen LogP) is 2.31. The highest BCUT2D eigenvalue weighted by molar-refractivity contribution is 6.32. The summed E-state index contributed by atoms with van der Waals surface area (Å²) < 4.78 is 12.9. The van der Waals surface area contributed by atoms with Gasteiger partial charge in [-0.1, -0.05) is 11.6 Å². The second-order valence-electron chi connectivity index (χ2n) is 2.38. The van der Waals surface area contributed by atoms with Crippen molar-refractivity contribution in [2.75, 3.05) is 0 Å². The molecule has 0 spiro atoms. The van der Waals surface area contributed by atoms with Crippen molar-refractivity contribution in [3.63, 3.8) is 0 Å². The number of phenols is 1. The van der Waals surface area contributed by atoms with Crippen molar-refractivity contribution in [1.82, 2.24) is 0 Å². The molecule has 0 unspecified atom stereocenters. The Morgan fingerprint density at radius 1 is 1.67 bits per heavy atom. The Labute approximate surface area is 73.6 Å². The third kappa shape index (κ3) is 1.28. The van der Waals surface area contributed by atoms with E-state index in [0.717, 1.165) is 0 Å². The van der Waals surface area contributed by atoms with Crippen molar-refractivity contribution in [1.29, 1.82) is 0 Å². The number of benzene rings is 1. The number of aldehydes is 1. The van der Waals surface area contributed by atoms with E-state index in [0.29, 0.717) is 11.8 Å². The Kier molecular flexibility index (Phi) is 2.33. The highest BCUT2D eigenvalue weighted by atomic mass is 35.5. The number of aryl methyl sites for hydroxylation is 1. The lowest BCUT2D eigenvalue weighted by Crippen LogP contribution is -1.91. The van der Waals surface area contributed by atoms with Crippen LogP contribution in [0.1, 0.15) is 15.9 Å². The minimum atomic E-state index is -0.972. The summed E-state index contributed by atoms with van der Waals surface area (Å²) in [5.74, 6) is -1.64. The van der Waals surface area contributed by atoms with E-state index in [4.69, 9.17) is 16.7 Å². The van der Waals surface area contributed by atoms with E-state index in [1.54, 1.807) is 6.92 Å². The fourth-order valence-electron chi connectivity index (χ4n) is 0.866. The highest BCUT2D eigenvalue weighted by Crippen LogP contribution is 2.31. The van der Waals surface area contributed by atoms with Gasteiger partial charge in [0.25, 0.3) is 0 Å². The lowest BCUT2D eigenvalue weighted by atomic mass is 10.1. The second-order valence-corrected chi connectivity index (χ2v) is 2.76. The molecule has 0 bridgehead atoms. The smallest absolute Gasteiger partial charge is 0.176 e. The van der Waals surface area contributed by atoms with Crippen LogP contribution in [0, 0.1) is 12.7 Å². The van der Waals surface area contributed by atoms with Crippen LogP contribution < -0.4 is 0 Å². The molecule has 0 amide bonds. The van der Waals surface area contributed by atoms with Gasteiger partial charge < -0.3 is 5.11 Å². The molecule has 0 aliphatic carbocycles. The average molecular weight is 189 g/mol. The number of rotatable bonds is 1. The van der Waals surface area contributed by atoms with Crippen LogP contribution in [0.2, 0.25) is 5.02 Å². The van der Waals surface area contributed by atoms with Crippen LogP contribution >= 0.6 is 11.6 Å². The van der Waals surface area contributed by atoms with Gasteiger partial charge in [-0.15, -0.1) is 0 Å². The van der Waals surface area contributed by atoms with E-state index in [1.807, 2.05) is 0 Å². The predicted molar refractivity (Wildman–Crippen MR) is 43.2 cm³/mol. The van der Waals surface area contributed by atoms with Gasteiger partial charge in [0, 0.05) is 0 Å². The first-order chi connectivity index (χ1) is 5.57. The van der Waals surface area contributed by atoms with Crippen molar-refractivity contribution >= 4 is 17.9 Å². The quantitative estimate of drug-likeness (QED) is 0.687. The third-order valence-electron chi connectivity index (χ3n) is 1.51. The van der Waals surface area contributed by atoms with Crippen molar-refractivity contribution < 1.29 is 14.3 Å². The van der Waals surface area contributed by atoms with E-state index < -0.39 is 11.6 Å². The third-order valence-corrected chi connectivity index (χ3v) is 1.99. The molecule has 0 saturated carbocycles. The molecule has 2 nitrogen and oxygen atoms in total. The van der Waals surface area contributed by atoms with Gasteiger partial charge in [-0.3, -0.25) is 4.79 Å². The maximum Gasteiger partial charge on any atom is 0.176 e. The van der Waals surface area contributed by atoms with Crippen molar-refractivity contribution in [3.8, 4) is 5.75 Å². The zero-order chi connectivity index (χ0) is 9.30. The summed E-state index contributed by atoms with van der Waals surface area (Å²) in [4.78, 5) is 10.2. The van der Waals surface area contributed by atoms with Gasteiger partial charge in [-0.05, 0) is 18.6 Å². The number of carbonyl (C=O) groups excluding carboxylic acids is 1. The standard InChI is InChI=1S/C8H6ClFO2/c1-4-2-5(3-11)7(10)8(12)6(4)9/h2-3,12H,1H3. The van der Waals surface area contributed by atoms with E-state index in [2.05, 4.69) is 0 Å². The highest BCUT2D eigenvalue weighted by Gasteiger charge is 2.13. The average Bonchev–Trinajstić information content (AvgIpc) is 2.08. The molecule has 1 aromatic rings. The molecule has 1 aromatic carbocycles. The molecular formula is C8H6ClFO2. The summed E-state index contributed by atoms with van der Waals surface area (Å²) >= 11 is 5.51. The molecule has 0 fully saturated rings. The fraction of sp³-hybridized carbons (Fsp3) is 0.125. The molecule has 0 heterocycles. The van der Waals surface area contributed by atoms with Gasteiger partial charge >= 0.3 is 0 Å². The Morgan fingerprint density at radius 2 is 2.25 bits per heavy atom. The van der Waals surface area contributed by atoms with Gasteiger partial charge in [0.15, 0.2) is 17.9 Å². The van der Waals surface area contributed by atoms with Crippen LogP contribution in [0.25, 0.3) is 0 Å². The van der Waals surface area contributed by atoms with E-state index in [9.17, 15) is 9.18 Å². The number of halogens is 2. The molecule has 0 radical (unpaired) electrons. The topological polar surface area (TPSA) is 37.3 Å². The monoisotopic (exact) mass is 188 g/mol. The molecular weight excluding hydrogens is 183 g/mol. The molecule has 0 saturated heterocycles. The summed E-state index contributed by atoms with van der Waals surface area (Å²) in [6.07, 6.45) is 0.332. The van der Waals surface area contributed by atoms with Crippen molar-refractivity contribution in [2.24, 2.45) is 0 Å². The molecule has 0 aliphatic heterocycles. The summed E-state index contributed by atoms with van der Waals surface area (Å²) in [6.45, 7) is 1.58. The Bertz CT molecular complexity index is 336. The van der Waals surface area contributed by atoms with Crippen LogP contribution in [0.15, 0.2) is 6.07 Å². The number of carbonyl (C=O) groups is 1. The number of hydrogen-bond acceptors (Lipinski definition) is 2. The summed E-state index contributed by atoms with van der Waals surface area (Å²) in [5.41, 5.74) is 0.284. The molecule has 4 heteroatoms. The summed E-state index contributed by atoms with van der Waals surface area (Å²) in [5, 5.41) is 8.98. The largest absolute Gasteiger partial charge is 0.504 e. The van der Waals surface area contributed by atoms with Crippen molar-refractivity contribution in [2.45, 2.75) is 6.92 Å². The van der Waals surface area contributed by atoms with E-state index in [1.165, 1.54) is 6.07 Å². The molecule has 0 atom stereocenters. The first-order valence-electron chi connectivity index (χ1n) is 3.20. The number of phenolic OH excluding ortho intramolecular Hbond substituents is 1. The van der Waals surface area contributed by atoms with Gasteiger partial charge in [0.05, 0.1) is 10.6 Å².